The zero-order valence-electron chi connectivity index (χ0n) is 10.9. The molecule has 0 aromatic carbocycles. The van der Waals surface area contributed by atoms with Gasteiger partial charge in [-0.2, -0.15) is 8.42 Å². The highest BCUT2D eigenvalue weighted by Crippen LogP contribution is 2.10. The van der Waals surface area contributed by atoms with E-state index in [2.05, 4.69) is 6.92 Å². The predicted molar refractivity (Wildman–Crippen MR) is 83.7 cm³/mol. The molecule has 5 heteroatoms. The van der Waals surface area contributed by atoms with Crippen LogP contribution in [-0.4, -0.2) is 18.7 Å². The molecule has 0 spiro atoms. The minimum absolute atomic E-state index is 0. The largest absolute Gasteiger partial charge is 0.286 e. The van der Waals surface area contributed by atoms with Gasteiger partial charge in [0.15, 0.2) is 0 Å². The van der Waals surface area contributed by atoms with Crippen molar-refractivity contribution in [1.29, 1.82) is 0 Å². The Labute approximate surface area is 124 Å². The monoisotopic (exact) mass is 378 g/mol. The second-order valence-corrected chi connectivity index (χ2v) is 6.04. The number of unbranched alkanes of at least 4 members (excludes halogenated alkanes) is 9. The van der Waals surface area contributed by atoms with E-state index in [9.17, 15) is 8.42 Å². The molecular formula is C12H27IO3S. The maximum atomic E-state index is 10.4. The van der Waals surface area contributed by atoms with Crippen molar-refractivity contribution in [2.45, 2.75) is 71.1 Å². The first-order valence-corrected chi connectivity index (χ1v) is 8.12. The van der Waals surface area contributed by atoms with Gasteiger partial charge in [-0.05, 0) is 6.42 Å². The van der Waals surface area contributed by atoms with Crippen molar-refractivity contribution < 1.29 is 13.0 Å². The molecule has 0 bridgehead atoms. The minimum Gasteiger partial charge on any atom is -0.286 e. The Balaban J connectivity index is 0. The number of hydrogen-bond donors (Lipinski definition) is 1. The SMILES string of the molecule is CCCCCCCCCCCCS(=O)(=O)O.I. The van der Waals surface area contributed by atoms with Crippen molar-refractivity contribution >= 4 is 34.1 Å². The van der Waals surface area contributed by atoms with E-state index < -0.39 is 10.1 Å². The third kappa shape index (κ3) is 19.2. The lowest BCUT2D eigenvalue weighted by atomic mass is 10.1. The van der Waals surface area contributed by atoms with Crippen LogP contribution >= 0.6 is 24.0 Å². The third-order valence-electron chi connectivity index (χ3n) is 2.76. The fourth-order valence-corrected chi connectivity index (χ4v) is 2.34. The normalized spacial score (nSPS) is 11.2. The summed E-state index contributed by atoms with van der Waals surface area (Å²) in [6, 6.07) is 0. The van der Waals surface area contributed by atoms with Gasteiger partial charge in [-0.3, -0.25) is 4.55 Å². The Kier molecular flexibility index (Phi) is 15.4. The van der Waals surface area contributed by atoms with Gasteiger partial charge in [-0.25, -0.2) is 0 Å². The van der Waals surface area contributed by atoms with Gasteiger partial charge < -0.3 is 0 Å². The summed E-state index contributed by atoms with van der Waals surface area (Å²) in [7, 11) is -3.73. The van der Waals surface area contributed by atoms with Gasteiger partial charge in [0, 0.05) is 0 Å². The lowest BCUT2D eigenvalue weighted by molar-refractivity contribution is 0.478. The van der Waals surface area contributed by atoms with E-state index in [1.165, 1.54) is 44.9 Å². The first-order chi connectivity index (χ1) is 7.56. The van der Waals surface area contributed by atoms with Crippen LogP contribution in [0.3, 0.4) is 0 Å². The first-order valence-electron chi connectivity index (χ1n) is 6.51. The van der Waals surface area contributed by atoms with Crippen LogP contribution in [0.2, 0.25) is 0 Å². The first kappa shape index (κ1) is 20.0. The van der Waals surface area contributed by atoms with E-state index in [4.69, 9.17) is 4.55 Å². The van der Waals surface area contributed by atoms with Gasteiger partial charge in [0.05, 0.1) is 5.75 Å². The summed E-state index contributed by atoms with van der Waals surface area (Å²) in [5.41, 5.74) is 0. The molecule has 0 heterocycles. The Morgan fingerprint density at radius 3 is 1.47 bits per heavy atom. The van der Waals surface area contributed by atoms with Crippen molar-refractivity contribution in [3.05, 3.63) is 0 Å². The zero-order chi connectivity index (χ0) is 12.3. The maximum Gasteiger partial charge on any atom is 0.264 e. The zero-order valence-corrected chi connectivity index (χ0v) is 14.0. The molecule has 0 amide bonds. The van der Waals surface area contributed by atoms with E-state index in [0.29, 0.717) is 6.42 Å². The van der Waals surface area contributed by atoms with Crippen molar-refractivity contribution in [3.63, 3.8) is 0 Å². The minimum atomic E-state index is -3.73. The molecule has 0 rings (SSSR count). The molecule has 0 radical (unpaired) electrons. The maximum absolute atomic E-state index is 10.4. The van der Waals surface area contributed by atoms with Crippen LogP contribution in [0.25, 0.3) is 0 Å². The van der Waals surface area contributed by atoms with Crippen molar-refractivity contribution in [2.24, 2.45) is 0 Å². The fraction of sp³-hybridized carbons (Fsp3) is 1.00. The molecule has 0 saturated carbocycles. The van der Waals surface area contributed by atoms with Crippen LogP contribution in [0, 0.1) is 0 Å². The smallest absolute Gasteiger partial charge is 0.264 e. The summed E-state index contributed by atoms with van der Waals surface area (Å²) in [5, 5.41) is 0. The standard InChI is InChI=1S/C12H26O3S.HI/c1-2-3-4-5-6-7-8-9-10-11-12-16(13,14)15;/h2-12H2,1H3,(H,13,14,15);1H. The molecule has 0 aromatic rings. The average Bonchev–Trinajstić information content (AvgIpc) is 2.19. The lowest BCUT2D eigenvalue weighted by Gasteiger charge is -2.01. The van der Waals surface area contributed by atoms with Crippen LogP contribution < -0.4 is 0 Å². The summed E-state index contributed by atoms with van der Waals surface area (Å²) in [6.45, 7) is 2.22. The molecule has 0 fully saturated rings. The Bertz CT molecular complexity index is 240. The molecule has 0 atom stereocenters. The highest BCUT2D eigenvalue weighted by Gasteiger charge is 2.02. The van der Waals surface area contributed by atoms with Gasteiger partial charge in [0.1, 0.15) is 0 Å². The van der Waals surface area contributed by atoms with E-state index in [1.807, 2.05) is 0 Å². The molecule has 0 unspecified atom stereocenters. The summed E-state index contributed by atoms with van der Waals surface area (Å²) in [5.74, 6) is -0.0799. The molecule has 0 saturated heterocycles. The summed E-state index contributed by atoms with van der Waals surface area (Å²) >= 11 is 0. The van der Waals surface area contributed by atoms with Crippen LogP contribution in [0.15, 0.2) is 0 Å². The molecular weight excluding hydrogens is 351 g/mol. The second kappa shape index (κ2) is 13.1. The average molecular weight is 378 g/mol. The quantitative estimate of drug-likeness (QED) is 0.329. The van der Waals surface area contributed by atoms with Crippen LogP contribution in [-0.2, 0) is 10.1 Å². The molecule has 3 nitrogen and oxygen atoms in total. The van der Waals surface area contributed by atoms with Crippen molar-refractivity contribution in [1.82, 2.24) is 0 Å². The predicted octanol–water partition coefficient (Wildman–Crippen LogP) is 4.41. The molecule has 0 aliphatic carbocycles. The summed E-state index contributed by atoms with van der Waals surface area (Å²) in [4.78, 5) is 0. The van der Waals surface area contributed by atoms with Gasteiger partial charge in [0.2, 0.25) is 0 Å². The molecule has 0 aliphatic heterocycles. The highest BCUT2D eigenvalue weighted by molar-refractivity contribution is 14.0. The number of hydrogen-bond acceptors (Lipinski definition) is 2. The Hall–Kier alpha value is 0.640. The van der Waals surface area contributed by atoms with Crippen molar-refractivity contribution in [2.75, 3.05) is 5.75 Å². The van der Waals surface area contributed by atoms with E-state index in [0.717, 1.165) is 12.8 Å². The molecule has 1 N–H and O–H groups in total. The van der Waals surface area contributed by atoms with Gasteiger partial charge >= 0.3 is 0 Å². The second-order valence-electron chi connectivity index (χ2n) is 4.47. The van der Waals surface area contributed by atoms with E-state index >= 15 is 0 Å². The van der Waals surface area contributed by atoms with Crippen LogP contribution in [0.4, 0.5) is 0 Å². The Morgan fingerprint density at radius 1 is 0.765 bits per heavy atom. The number of halogens is 1. The molecule has 17 heavy (non-hydrogen) atoms. The van der Waals surface area contributed by atoms with E-state index in [1.54, 1.807) is 0 Å². The lowest BCUT2D eigenvalue weighted by Crippen LogP contribution is -2.03. The number of rotatable bonds is 11. The molecule has 0 aliphatic rings. The van der Waals surface area contributed by atoms with Crippen molar-refractivity contribution in [3.8, 4) is 0 Å². The highest BCUT2D eigenvalue weighted by atomic mass is 127. The van der Waals surface area contributed by atoms with Gasteiger partial charge in [0.25, 0.3) is 10.1 Å². The van der Waals surface area contributed by atoms with Gasteiger partial charge in [-0.1, -0.05) is 64.7 Å². The topological polar surface area (TPSA) is 54.4 Å². The van der Waals surface area contributed by atoms with E-state index in [-0.39, 0.29) is 29.7 Å². The van der Waals surface area contributed by atoms with Crippen LogP contribution in [0.1, 0.15) is 71.1 Å². The molecule has 106 valence electrons. The molecule has 0 aromatic heterocycles. The Morgan fingerprint density at radius 2 is 1.12 bits per heavy atom. The summed E-state index contributed by atoms with van der Waals surface area (Å²) < 4.78 is 29.4. The third-order valence-corrected chi connectivity index (χ3v) is 3.56. The fourth-order valence-electron chi connectivity index (χ4n) is 1.77. The van der Waals surface area contributed by atoms with Gasteiger partial charge in [-0.15, -0.1) is 24.0 Å². The van der Waals surface area contributed by atoms with Crippen LogP contribution in [0.5, 0.6) is 0 Å². The summed E-state index contributed by atoms with van der Waals surface area (Å²) in [6.07, 6.45) is 11.7.